The van der Waals surface area contributed by atoms with Crippen molar-refractivity contribution in [1.82, 2.24) is 25.4 Å². The minimum absolute atomic E-state index is 0.358. The predicted molar refractivity (Wildman–Crippen MR) is 115 cm³/mol. The van der Waals surface area contributed by atoms with Crippen LogP contribution in [0.4, 0.5) is 17.5 Å². The number of nitrogens with one attached hydrogen (secondary N) is 1. The van der Waals surface area contributed by atoms with Crippen LogP contribution in [0.2, 0.25) is 0 Å². The molecule has 0 spiro atoms. The van der Waals surface area contributed by atoms with Gasteiger partial charge in [0.05, 0.1) is 12.7 Å². The minimum atomic E-state index is -0.563. The van der Waals surface area contributed by atoms with Crippen LogP contribution in [0, 0.1) is 0 Å². The van der Waals surface area contributed by atoms with Crippen molar-refractivity contribution in [3.63, 3.8) is 0 Å². The number of hydroxylamine groups is 1. The summed E-state index contributed by atoms with van der Waals surface area (Å²) in [5, 5.41) is 8.78. The van der Waals surface area contributed by atoms with Crippen molar-refractivity contribution < 1.29 is 10.0 Å². The molecule has 9 heteroatoms. The zero-order chi connectivity index (χ0) is 21.6. The number of nitrogens with two attached hydrogens (primary N) is 1. The van der Waals surface area contributed by atoms with Crippen molar-refractivity contribution in [1.29, 1.82) is 0 Å². The van der Waals surface area contributed by atoms with Crippen LogP contribution in [0.1, 0.15) is 15.9 Å². The van der Waals surface area contributed by atoms with Gasteiger partial charge < -0.3 is 10.6 Å². The number of carbonyl (C=O) groups excluding carboxylic acids is 1. The fourth-order valence-electron chi connectivity index (χ4n) is 3.01. The van der Waals surface area contributed by atoms with E-state index in [-0.39, 0.29) is 0 Å². The lowest BCUT2D eigenvalue weighted by atomic mass is 10.1. The first-order valence-corrected chi connectivity index (χ1v) is 9.39. The Morgan fingerprint density at radius 3 is 2.19 bits per heavy atom. The Bertz CT molecular complexity index is 1150. The lowest BCUT2D eigenvalue weighted by molar-refractivity contribution is 0.0706. The van der Waals surface area contributed by atoms with Crippen LogP contribution in [0.15, 0.2) is 79.5 Å². The van der Waals surface area contributed by atoms with Crippen molar-refractivity contribution >= 4 is 23.4 Å². The summed E-state index contributed by atoms with van der Waals surface area (Å²) in [6, 6.07) is 14.4. The monoisotopic (exact) mass is 413 g/mol. The highest BCUT2D eigenvalue weighted by molar-refractivity contribution is 5.93. The second kappa shape index (κ2) is 8.97. The van der Waals surface area contributed by atoms with Crippen molar-refractivity contribution in [3.8, 4) is 11.1 Å². The molecule has 3 aromatic heterocycles. The van der Waals surface area contributed by atoms with Crippen LogP contribution in [0.5, 0.6) is 0 Å². The Hall–Kier alpha value is -4.37. The highest BCUT2D eigenvalue weighted by atomic mass is 16.5. The number of aromatic nitrogens is 4. The molecule has 31 heavy (non-hydrogen) atoms. The first-order chi connectivity index (χ1) is 15.1. The third kappa shape index (κ3) is 4.62. The average molecular weight is 413 g/mol. The van der Waals surface area contributed by atoms with Crippen molar-refractivity contribution in [3.05, 3.63) is 90.6 Å². The number of nitrogen functional groups attached to an aromatic ring is 1. The summed E-state index contributed by atoms with van der Waals surface area (Å²) in [6.07, 6.45) is 8.35. The van der Waals surface area contributed by atoms with E-state index in [0.29, 0.717) is 29.6 Å². The van der Waals surface area contributed by atoms with E-state index in [2.05, 4.69) is 19.9 Å². The van der Waals surface area contributed by atoms with E-state index in [4.69, 9.17) is 10.9 Å². The van der Waals surface area contributed by atoms with Gasteiger partial charge >= 0.3 is 0 Å². The number of rotatable bonds is 6. The summed E-state index contributed by atoms with van der Waals surface area (Å²) >= 11 is 0. The van der Waals surface area contributed by atoms with E-state index in [1.165, 1.54) is 0 Å². The Balaban J connectivity index is 1.62. The van der Waals surface area contributed by atoms with Crippen LogP contribution < -0.4 is 16.1 Å². The molecule has 0 unspecified atom stereocenters. The van der Waals surface area contributed by atoms with Gasteiger partial charge in [0.2, 0.25) is 0 Å². The highest BCUT2D eigenvalue weighted by Gasteiger charge is 2.14. The number of hydrogen-bond acceptors (Lipinski definition) is 8. The first kappa shape index (κ1) is 19.9. The fraction of sp³-hybridized carbons (Fsp3) is 0.0455. The molecular formula is C22H19N7O2. The quantitative estimate of drug-likeness (QED) is 0.325. The summed E-state index contributed by atoms with van der Waals surface area (Å²) in [7, 11) is 0. The number of benzene rings is 1. The van der Waals surface area contributed by atoms with Crippen LogP contribution >= 0.6 is 0 Å². The third-order valence-electron chi connectivity index (χ3n) is 4.63. The Morgan fingerprint density at radius 1 is 0.871 bits per heavy atom. The molecule has 0 atom stereocenters. The van der Waals surface area contributed by atoms with E-state index in [1.807, 2.05) is 35.2 Å². The largest absolute Gasteiger partial charge is 0.384 e. The number of anilines is 3. The van der Waals surface area contributed by atoms with E-state index in [1.54, 1.807) is 54.7 Å². The van der Waals surface area contributed by atoms with Crippen LogP contribution in [0.3, 0.4) is 0 Å². The molecule has 1 amide bonds. The molecule has 154 valence electrons. The van der Waals surface area contributed by atoms with Gasteiger partial charge in [0.15, 0.2) is 5.82 Å². The molecule has 3 heterocycles. The molecule has 0 bridgehead atoms. The lowest BCUT2D eigenvalue weighted by Crippen LogP contribution is -2.20. The maximum atomic E-state index is 11.5. The minimum Gasteiger partial charge on any atom is -0.384 e. The fourth-order valence-corrected chi connectivity index (χ4v) is 3.01. The maximum Gasteiger partial charge on any atom is 0.274 e. The van der Waals surface area contributed by atoms with E-state index in [0.717, 1.165) is 16.7 Å². The molecule has 0 saturated heterocycles. The lowest BCUT2D eigenvalue weighted by Gasteiger charge is -2.23. The molecule has 0 radical (unpaired) electrons. The Labute approximate surface area is 178 Å². The number of hydrogen-bond donors (Lipinski definition) is 3. The van der Waals surface area contributed by atoms with Crippen LogP contribution in [0.25, 0.3) is 11.1 Å². The zero-order valence-corrected chi connectivity index (χ0v) is 16.4. The molecule has 1 aromatic carbocycles. The normalized spacial score (nSPS) is 10.5. The van der Waals surface area contributed by atoms with Gasteiger partial charge in [-0.1, -0.05) is 12.1 Å². The van der Waals surface area contributed by atoms with E-state index in [9.17, 15) is 4.79 Å². The SMILES string of the molecule is Nc1ccc(-c2ccc(N(Cc3ccc(C(=O)NO)cc3)c3cnccn3)nc2)cn1. The molecule has 4 aromatic rings. The van der Waals surface area contributed by atoms with Gasteiger partial charge in [-0.15, -0.1) is 0 Å². The molecule has 4 N–H and O–H groups in total. The highest BCUT2D eigenvalue weighted by Crippen LogP contribution is 2.26. The third-order valence-corrected chi connectivity index (χ3v) is 4.63. The summed E-state index contributed by atoms with van der Waals surface area (Å²) in [4.78, 5) is 30.8. The summed E-state index contributed by atoms with van der Waals surface area (Å²) in [5.74, 6) is 1.22. The first-order valence-electron chi connectivity index (χ1n) is 9.39. The van der Waals surface area contributed by atoms with Crippen molar-refractivity contribution in [2.24, 2.45) is 0 Å². The van der Waals surface area contributed by atoms with Crippen LogP contribution in [-0.4, -0.2) is 31.1 Å². The Kier molecular flexibility index (Phi) is 5.77. The molecule has 0 aliphatic rings. The maximum absolute atomic E-state index is 11.5. The van der Waals surface area contributed by atoms with Gasteiger partial charge in [0.1, 0.15) is 11.6 Å². The second-order valence-corrected chi connectivity index (χ2v) is 6.66. The van der Waals surface area contributed by atoms with Gasteiger partial charge in [0, 0.05) is 41.5 Å². The van der Waals surface area contributed by atoms with Gasteiger partial charge in [0.25, 0.3) is 5.91 Å². The van der Waals surface area contributed by atoms with E-state index >= 15 is 0 Å². The van der Waals surface area contributed by atoms with Crippen LogP contribution in [-0.2, 0) is 6.54 Å². The second-order valence-electron chi connectivity index (χ2n) is 6.66. The summed E-state index contributed by atoms with van der Waals surface area (Å²) < 4.78 is 0. The Morgan fingerprint density at radius 2 is 1.61 bits per heavy atom. The summed E-state index contributed by atoms with van der Waals surface area (Å²) in [6.45, 7) is 0.454. The van der Waals surface area contributed by atoms with E-state index < -0.39 is 5.91 Å². The topological polar surface area (TPSA) is 130 Å². The zero-order valence-electron chi connectivity index (χ0n) is 16.4. The van der Waals surface area contributed by atoms with Gasteiger partial charge in [-0.2, -0.15) is 0 Å². The molecule has 0 aliphatic carbocycles. The van der Waals surface area contributed by atoms with Gasteiger partial charge in [-0.05, 0) is 42.0 Å². The molecule has 9 nitrogen and oxygen atoms in total. The van der Waals surface area contributed by atoms with Gasteiger partial charge in [-0.3, -0.25) is 15.0 Å². The molecule has 0 fully saturated rings. The molecular weight excluding hydrogens is 394 g/mol. The van der Waals surface area contributed by atoms with Gasteiger partial charge in [-0.25, -0.2) is 20.4 Å². The number of amides is 1. The smallest absolute Gasteiger partial charge is 0.274 e. The standard InChI is InChI=1S/C22H19N7O2/c23-19-7-5-17(11-26-19)18-6-8-20(27-12-18)29(21-13-24-9-10-25-21)14-15-1-3-16(4-2-15)22(30)28-31/h1-13,31H,14H2,(H2,23,26)(H,28,30). The van der Waals surface area contributed by atoms with Crippen molar-refractivity contribution in [2.45, 2.75) is 6.54 Å². The number of carbonyl (C=O) groups is 1. The number of pyridine rings is 2. The number of nitrogens with zero attached hydrogens (tertiary/aromatic N) is 5. The van der Waals surface area contributed by atoms with Crippen molar-refractivity contribution in [2.75, 3.05) is 10.6 Å². The molecule has 0 saturated carbocycles. The molecule has 4 rings (SSSR count). The average Bonchev–Trinajstić information content (AvgIpc) is 2.84. The molecule has 0 aliphatic heterocycles. The summed E-state index contributed by atoms with van der Waals surface area (Å²) in [5.41, 5.74) is 10.4. The predicted octanol–water partition coefficient (Wildman–Crippen LogP) is 2.97.